The molecule has 0 aromatic heterocycles. The molecule has 0 radical (unpaired) electrons. The van der Waals surface area contributed by atoms with Crippen molar-refractivity contribution in [3.63, 3.8) is 0 Å². The molecule has 0 saturated heterocycles. The monoisotopic (exact) mass is 208 g/mol. The van der Waals surface area contributed by atoms with Crippen LogP contribution in [0.3, 0.4) is 0 Å². The minimum absolute atomic E-state index is 0.0719. The van der Waals surface area contributed by atoms with Crippen LogP contribution in [0.1, 0.15) is 49.1 Å². The highest BCUT2D eigenvalue weighted by atomic mass is 19.1. The van der Waals surface area contributed by atoms with Gasteiger partial charge in [0.25, 0.3) is 0 Å². The maximum atomic E-state index is 13.3. The zero-order valence-electron chi connectivity index (χ0n) is 8.88. The van der Waals surface area contributed by atoms with Gasteiger partial charge >= 0.3 is 0 Å². The minimum atomic E-state index is -0.220. The molecule has 15 heavy (non-hydrogen) atoms. The summed E-state index contributed by atoms with van der Waals surface area (Å²) in [6.07, 6.45) is 6.12. The first-order valence-corrected chi connectivity index (χ1v) is 5.70. The van der Waals surface area contributed by atoms with E-state index in [1.54, 1.807) is 6.07 Å². The predicted molar refractivity (Wildman–Crippen MR) is 58.1 cm³/mol. The molecule has 1 aromatic carbocycles. The number of aliphatic hydroxyl groups is 1. The summed E-state index contributed by atoms with van der Waals surface area (Å²) in [6.45, 7) is -0.0719. The van der Waals surface area contributed by atoms with Crippen LogP contribution in [-0.4, -0.2) is 5.11 Å². The molecular weight excluding hydrogens is 191 g/mol. The van der Waals surface area contributed by atoms with Gasteiger partial charge in [-0.05, 0) is 42.0 Å². The summed E-state index contributed by atoms with van der Waals surface area (Å²) in [6, 6.07) is 4.97. The number of benzene rings is 1. The maximum absolute atomic E-state index is 13.3. The summed E-state index contributed by atoms with van der Waals surface area (Å²) < 4.78 is 13.3. The third-order valence-electron chi connectivity index (χ3n) is 3.24. The smallest absolute Gasteiger partial charge is 0.123 e. The van der Waals surface area contributed by atoms with Crippen molar-refractivity contribution in [2.24, 2.45) is 0 Å². The molecule has 0 heterocycles. The summed E-state index contributed by atoms with van der Waals surface area (Å²) in [5.41, 5.74) is 1.76. The highest BCUT2D eigenvalue weighted by Gasteiger charge is 2.16. The largest absolute Gasteiger partial charge is 0.392 e. The number of halogens is 1. The molecule has 0 bridgehead atoms. The molecule has 1 nitrogen and oxygen atoms in total. The fraction of sp³-hybridized carbons (Fsp3) is 0.538. The van der Waals surface area contributed by atoms with Gasteiger partial charge in [0.1, 0.15) is 5.82 Å². The third kappa shape index (κ3) is 2.57. The van der Waals surface area contributed by atoms with Gasteiger partial charge in [0, 0.05) is 0 Å². The normalized spacial score (nSPS) is 18.0. The van der Waals surface area contributed by atoms with E-state index in [0.29, 0.717) is 11.5 Å². The highest BCUT2D eigenvalue weighted by molar-refractivity contribution is 5.27. The standard InChI is InChI=1S/C13H17FO/c14-13-7-10(9-15)6-12(8-13)11-4-2-1-3-5-11/h6-8,11,15H,1-5,9H2. The van der Waals surface area contributed by atoms with Crippen molar-refractivity contribution in [3.8, 4) is 0 Å². The Kier molecular flexibility index (Phi) is 3.37. The number of rotatable bonds is 2. The zero-order valence-corrected chi connectivity index (χ0v) is 8.88. The maximum Gasteiger partial charge on any atom is 0.123 e. The van der Waals surface area contributed by atoms with Crippen LogP contribution in [0.25, 0.3) is 0 Å². The van der Waals surface area contributed by atoms with E-state index in [4.69, 9.17) is 5.11 Å². The Hall–Kier alpha value is -0.890. The number of hydrogen-bond donors (Lipinski definition) is 1. The van der Waals surface area contributed by atoms with Crippen LogP contribution in [0, 0.1) is 5.82 Å². The van der Waals surface area contributed by atoms with Gasteiger partial charge in [0.2, 0.25) is 0 Å². The van der Waals surface area contributed by atoms with Crippen molar-refractivity contribution >= 4 is 0 Å². The summed E-state index contributed by atoms with van der Waals surface area (Å²) >= 11 is 0. The second kappa shape index (κ2) is 4.75. The van der Waals surface area contributed by atoms with E-state index < -0.39 is 0 Å². The molecule has 0 amide bonds. The SMILES string of the molecule is OCc1cc(F)cc(C2CCCCC2)c1. The Bertz CT molecular complexity index is 329. The molecule has 1 fully saturated rings. The van der Waals surface area contributed by atoms with E-state index in [1.165, 1.54) is 25.3 Å². The first-order chi connectivity index (χ1) is 7.29. The molecule has 1 aromatic rings. The second-order valence-electron chi connectivity index (χ2n) is 4.39. The fourth-order valence-corrected chi connectivity index (χ4v) is 2.44. The van der Waals surface area contributed by atoms with Gasteiger partial charge in [0.15, 0.2) is 0 Å². The van der Waals surface area contributed by atoms with E-state index in [9.17, 15) is 4.39 Å². The molecule has 2 heteroatoms. The topological polar surface area (TPSA) is 20.2 Å². The van der Waals surface area contributed by atoms with Gasteiger partial charge in [-0.1, -0.05) is 25.3 Å². The van der Waals surface area contributed by atoms with Gasteiger partial charge < -0.3 is 5.11 Å². The Morgan fingerprint density at radius 2 is 1.87 bits per heavy atom. The average Bonchev–Trinajstić information content (AvgIpc) is 2.29. The second-order valence-corrected chi connectivity index (χ2v) is 4.39. The van der Waals surface area contributed by atoms with Gasteiger partial charge in [-0.25, -0.2) is 4.39 Å². The lowest BCUT2D eigenvalue weighted by atomic mass is 9.83. The minimum Gasteiger partial charge on any atom is -0.392 e. The highest BCUT2D eigenvalue weighted by Crippen LogP contribution is 2.33. The van der Waals surface area contributed by atoms with E-state index in [-0.39, 0.29) is 12.4 Å². The lowest BCUT2D eigenvalue weighted by Gasteiger charge is -2.22. The Balaban J connectivity index is 2.22. The molecule has 82 valence electrons. The van der Waals surface area contributed by atoms with Crippen molar-refractivity contribution in [1.29, 1.82) is 0 Å². The van der Waals surface area contributed by atoms with Crippen LogP contribution < -0.4 is 0 Å². The molecule has 2 rings (SSSR count). The first-order valence-electron chi connectivity index (χ1n) is 5.70. The van der Waals surface area contributed by atoms with Crippen molar-refractivity contribution in [1.82, 2.24) is 0 Å². The van der Waals surface area contributed by atoms with E-state index in [2.05, 4.69) is 0 Å². The number of hydrogen-bond acceptors (Lipinski definition) is 1. The van der Waals surface area contributed by atoms with Gasteiger partial charge in [-0.3, -0.25) is 0 Å². The average molecular weight is 208 g/mol. The quantitative estimate of drug-likeness (QED) is 0.790. The Morgan fingerprint density at radius 3 is 2.53 bits per heavy atom. The molecule has 1 aliphatic carbocycles. The first kappa shape index (κ1) is 10.6. The summed E-state index contributed by atoms with van der Waals surface area (Å²) in [5, 5.41) is 9.02. The van der Waals surface area contributed by atoms with Gasteiger partial charge in [-0.15, -0.1) is 0 Å². The molecule has 1 N–H and O–H groups in total. The molecule has 1 saturated carbocycles. The van der Waals surface area contributed by atoms with Crippen LogP contribution in [0.2, 0.25) is 0 Å². The summed E-state index contributed by atoms with van der Waals surface area (Å²) in [5.74, 6) is 0.280. The lowest BCUT2D eigenvalue weighted by molar-refractivity contribution is 0.281. The fourth-order valence-electron chi connectivity index (χ4n) is 2.44. The van der Waals surface area contributed by atoms with Gasteiger partial charge in [0.05, 0.1) is 6.61 Å². The van der Waals surface area contributed by atoms with Crippen molar-refractivity contribution in [3.05, 3.63) is 35.1 Å². The summed E-state index contributed by atoms with van der Waals surface area (Å²) in [7, 11) is 0. The molecule has 0 spiro atoms. The van der Waals surface area contributed by atoms with Crippen LogP contribution >= 0.6 is 0 Å². The van der Waals surface area contributed by atoms with Crippen molar-refractivity contribution in [2.75, 3.05) is 0 Å². The van der Waals surface area contributed by atoms with Crippen LogP contribution in [0.15, 0.2) is 18.2 Å². The van der Waals surface area contributed by atoms with Crippen LogP contribution in [-0.2, 0) is 6.61 Å². The Morgan fingerprint density at radius 1 is 1.13 bits per heavy atom. The molecular formula is C13H17FO. The predicted octanol–water partition coefficient (Wildman–Crippen LogP) is 3.37. The number of aliphatic hydroxyl groups excluding tert-OH is 1. The van der Waals surface area contributed by atoms with Gasteiger partial charge in [-0.2, -0.15) is 0 Å². The Labute approximate surface area is 89.9 Å². The third-order valence-corrected chi connectivity index (χ3v) is 3.24. The molecule has 0 aliphatic heterocycles. The lowest BCUT2D eigenvalue weighted by Crippen LogP contribution is -2.05. The van der Waals surface area contributed by atoms with Crippen LogP contribution in [0.5, 0.6) is 0 Å². The summed E-state index contributed by atoms with van der Waals surface area (Å²) in [4.78, 5) is 0. The van der Waals surface area contributed by atoms with E-state index in [1.807, 2.05) is 6.07 Å². The van der Waals surface area contributed by atoms with Crippen LogP contribution in [0.4, 0.5) is 4.39 Å². The van der Waals surface area contributed by atoms with Crippen molar-refractivity contribution in [2.45, 2.75) is 44.6 Å². The van der Waals surface area contributed by atoms with E-state index in [0.717, 1.165) is 18.4 Å². The van der Waals surface area contributed by atoms with E-state index >= 15 is 0 Å². The molecule has 0 unspecified atom stereocenters. The van der Waals surface area contributed by atoms with Crippen molar-refractivity contribution < 1.29 is 9.50 Å². The molecule has 1 aliphatic rings. The molecule has 0 atom stereocenters. The zero-order chi connectivity index (χ0) is 10.7.